The van der Waals surface area contributed by atoms with Crippen LogP contribution in [0.2, 0.25) is 0 Å². The molecule has 32 heavy (non-hydrogen) atoms. The number of hydrogen-bond acceptors (Lipinski definition) is 5. The molecular formula is C25H23N5OS. The van der Waals surface area contributed by atoms with Crippen molar-refractivity contribution in [2.24, 2.45) is 0 Å². The fraction of sp³-hybridized carbons (Fsp3) is 0.200. The molecule has 0 unspecified atom stereocenters. The number of aromatic nitrogens is 4. The first-order valence-electron chi connectivity index (χ1n) is 10.8. The molecule has 1 N–H and O–H groups in total. The van der Waals surface area contributed by atoms with Gasteiger partial charge in [-0.2, -0.15) is 0 Å². The molecule has 6 nitrogen and oxygen atoms in total. The van der Waals surface area contributed by atoms with Gasteiger partial charge >= 0.3 is 0 Å². The van der Waals surface area contributed by atoms with E-state index >= 15 is 0 Å². The van der Waals surface area contributed by atoms with Gasteiger partial charge in [-0.25, -0.2) is 4.98 Å². The van der Waals surface area contributed by atoms with E-state index in [0.29, 0.717) is 11.6 Å². The van der Waals surface area contributed by atoms with Crippen molar-refractivity contribution in [3.8, 4) is 0 Å². The van der Waals surface area contributed by atoms with Gasteiger partial charge in [0, 0.05) is 23.0 Å². The van der Waals surface area contributed by atoms with Crippen LogP contribution in [0.15, 0.2) is 71.9 Å². The summed E-state index contributed by atoms with van der Waals surface area (Å²) < 4.78 is 2.14. The van der Waals surface area contributed by atoms with Gasteiger partial charge in [-0.3, -0.25) is 4.79 Å². The summed E-state index contributed by atoms with van der Waals surface area (Å²) in [5.41, 5.74) is 3.50. The second-order valence-electron chi connectivity index (χ2n) is 7.56. The van der Waals surface area contributed by atoms with Gasteiger partial charge in [0.1, 0.15) is 5.52 Å². The van der Waals surface area contributed by atoms with E-state index < -0.39 is 0 Å². The molecule has 1 atom stereocenters. The number of carbonyl (C=O) groups is 1. The number of aryl methyl sites for hydroxylation is 1. The minimum Gasteiger partial charge on any atom is -0.325 e. The molecule has 0 aliphatic heterocycles. The first-order valence-corrected chi connectivity index (χ1v) is 11.6. The number of para-hydroxylation sites is 1. The van der Waals surface area contributed by atoms with Gasteiger partial charge in [-0.1, -0.05) is 73.3 Å². The molecule has 160 valence electrons. The lowest BCUT2D eigenvalue weighted by Gasteiger charge is -2.15. The number of carbonyl (C=O) groups excluding carboxylic acids is 1. The van der Waals surface area contributed by atoms with E-state index in [1.807, 2.05) is 67.6 Å². The minimum atomic E-state index is -0.326. The van der Waals surface area contributed by atoms with Gasteiger partial charge in [0.25, 0.3) is 0 Å². The molecule has 2 heterocycles. The average Bonchev–Trinajstić information content (AvgIpc) is 3.15. The van der Waals surface area contributed by atoms with Gasteiger partial charge in [-0.05, 0) is 30.9 Å². The van der Waals surface area contributed by atoms with Gasteiger partial charge in [0.2, 0.25) is 11.1 Å². The summed E-state index contributed by atoms with van der Waals surface area (Å²) in [5.74, 6) is -0.0615. The SMILES string of the molecule is CC[C@H](Sc1nnc2c3ccccc3n(CC)c2n1)C(=O)Nc1cccc2ccccc12. The van der Waals surface area contributed by atoms with Crippen molar-refractivity contribution in [1.29, 1.82) is 0 Å². The number of nitrogens with one attached hydrogen (secondary N) is 1. The highest BCUT2D eigenvalue weighted by molar-refractivity contribution is 8.00. The van der Waals surface area contributed by atoms with Crippen LogP contribution in [0.3, 0.4) is 0 Å². The Morgan fingerprint density at radius 3 is 2.53 bits per heavy atom. The standard InChI is InChI=1S/C25H23N5OS/c1-3-21(24(31)26-19-14-9-11-16-10-5-6-12-17(16)19)32-25-27-23-22(28-29-25)18-13-7-8-15-20(18)30(23)4-2/h5-15,21H,3-4H2,1-2H3,(H,26,31)/t21-/m0/s1. The van der Waals surface area contributed by atoms with Gasteiger partial charge < -0.3 is 9.88 Å². The number of fused-ring (bicyclic) bond motifs is 4. The fourth-order valence-electron chi connectivity index (χ4n) is 4.06. The first kappa shape index (κ1) is 20.5. The van der Waals surface area contributed by atoms with Crippen LogP contribution in [0.5, 0.6) is 0 Å². The normalized spacial score (nSPS) is 12.4. The van der Waals surface area contributed by atoms with Crippen LogP contribution in [-0.2, 0) is 11.3 Å². The Bertz CT molecular complexity index is 1440. The summed E-state index contributed by atoms with van der Waals surface area (Å²) in [6.45, 7) is 4.87. The van der Waals surface area contributed by atoms with E-state index in [1.54, 1.807) is 0 Å². The van der Waals surface area contributed by atoms with Crippen molar-refractivity contribution in [3.63, 3.8) is 0 Å². The molecule has 0 spiro atoms. The number of anilines is 1. The molecule has 0 aliphatic carbocycles. The van der Waals surface area contributed by atoms with Gasteiger partial charge in [-0.15, -0.1) is 10.2 Å². The fourth-order valence-corrected chi connectivity index (χ4v) is 4.87. The Balaban J connectivity index is 1.44. The Labute approximate surface area is 190 Å². The summed E-state index contributed by atoms with van der Waals surface area (Å²) in [4.78, 5) is 17.9. The molecule has 0 saturated heterocycles. The smallest absolute Gasteiger partial charge is 0.237 e. The van der Waals surface area contributed by atoms with Crippen molar-refractivity contribution in [2.75, 3.05) is 5.32 Å². The molecule has 0 radical (unpaired) electrons. The quantitative estimate of drug-likeness (QED) is 0.344. The van der Waals surface area contributed by atoms with Crippen molar-refractivity contribution in [3.05, 3.63) is 66.7 Å². The second-order valence-corrected chi connectivity index (χ2v) is 8.73. The van der Waals surface area contributed by atoms with E-state index in [4.69, 9.17) is 4.98 Å². The van der Waals surface area contributed by atoms with Crippen molar-refractivity contribution >= 4 is 56.2 Å². The molecule has 3 aromatic carbocycles. The number of hydrogen-bond donors (Lipinski definition) is 1. The second kappa shape index (κ2) is 8.59. The maximum absolute atomic E-state index is 13.1. The molecule has 0 fully saturated rings. The zero-order chi connectivity index (χ0) is 22.1. The number of benzene rings is 3. The zero-order valence-electron chi connectivity index (χ0n) is 17.9. The Morgan fingerprint density at radius 2 is 1.72 bits per heavy atom. The van der Waals surface area contributed by atoms with Crippen molar-refractivity contribution < 1.29 is 4.79 Å². The van der Waals surface area contributed by atoms with Gasteiger partial charge in [0.05, 0.1) is 10.8 Å². The van der Waals surface area contributed by atoms with Crippen LogP contribution in [0.1, 0.15) is 20.3 Å². The van der Waals surface area contributed by atoms with Crippen LogP contribution in [0.4, 0.5) is 5.69 Å². The maximum atomic E-state index is 13.1. The number of amides is 1. The monoisotopic (exact) mass is 441 g/mol. The largest absolute Gasteiger partial charge is 0.325 e. The Hall–Kier alpha value is -3.45. The average molecular weight is 442 g/mol. The lowest BCUT2D eigenvalue weighted by atomic mass is 10.1. The van der Waals surface area contributed by atoms with Gasteiger partial charge in [0.15, 0.2) is 5.65 Å². The molecule has 7 heteroatoms. The minimum absolute atomic E-state index is 0.0615. The summed E-state index contributed by atoms with van der Waals surface area (Å²) in [7, 11) is 0. The van der Waals surface area contributed by atoms with Crippen LogP contribution in [0, 0.1) is 0 Å². The first-order chi connectivity index (χ1) is 15.7. The predicted octanol–water partition coefficient (Wildman–Crippen LogP) is 5.66. The Morgan fingerprint density at radius 1 is 0.969 bits per heavy atom. The highest BCUT2D eigenvalue weighted by Crippen LogP contribution is 2.30. The number of rotatable bonds is 6. The predicted molar refractivity (Wildman–Crippen MR) is 131 cm³/mol. The molecular weight excluding hydrogens is 418 g/mol. The summed E-state index contributed by atoms with van der Waals surface area (Å²) in [6, 6.07) is 22.1. The third-order valence-corrected chi connectivity index (χ3v) is 6.84. The van der Waals surface area contributed by atoms with E-state index in [1.165, 1.54) is 11.8 Å². The molecule has 2 aromatic heterocycles. The third-order valence-electron chi connectivity index (χ3n) is 5.63. The lowest BCUT2D eigenvalue weighted by Crippen LogP contribution is -2.25. The Kier molecular flexibility index (Phi) is 5.49. The van der Waals surface area contributed by atoms with Crippen LogP contribution >= 0.6 is 11.8 Å². The van der Waals surface area contributed by atoms with E-state index in [0.717, 1.165) is 45.1 Å². The molecule has 0 aliphatic rings. The number of nitrogens with zero attached hydrogens (tertiary/aromatic N) is 4. The zero-order valence-corrected chi connectivity index (χ0v) is 18.8. The summed E-state index contributed by atoms with van der Waals surface area (Å²) in [5, 5.41) is 15.2. The summed E-state index contributed by atoms with van der Waals surface area (Å²) >= 11 is 1.36. The van der Waals surface area contributed by atoms with Crippen LogP contribution in [0.25, 0.3) is 32.8 Å². The van der Waals surface area contributed by atoms with Crippen LogP contribution < -0.4 is 5.32 Å². The molecule has 0 bridgehead atoms. The topological polar surface area (TPSA) is 72.7 Å². The molecule has 5 aromatic rings. The van der Waals surface area contributed by atoms with Crippen molar-refractivity contribution in [1.82, 2.24) is 19.7 Å². The van der Waals surface area contributed by atoms with Crippen molar-refractivity contribution in [2.45, 2.75) is 37.2 Å². The van der Waals surface area contributed by atoms with E-state index in [9.17, 15) is 4.79 Å². The van der Waals surface area contributed by atoms with Crippen LogP contribution in [-0.4, -0.2) is 30.9 Å². The third kappa shape index (κ3) is 3.58. The molecule has 0 saturated carbocycles. The highest BCUT2D eigenvalue weighted by Gasteiger charge is 2.22. The van der Waals surface area contributed by atoms with E-state index in [2.05, 4.69) is 33.1 Å². The molecule has 5 rings (SSSR count). The van der Waals surface area contributed by atoms with E-state index in [-0.39, 0.29) is 11.2 Å². The summed E-state index contributed by atoms with van der Waals surface area (Å²) in [6.07, 6.45) is 0.652. The lowest BCUT2D eigenvalue weighted by molar-refractivity contribution is -0.115. The highest BCUT2D eigenvalue weighted by atomic mass is 32.2. The number of thioether (sulfide) groups is 1. The maximum Gasteiger partial charge on any atom is 0.237 e. The molecule has 1 amide bonds.